The molecule has 1 aliphatic rings. The topological polar surface area (TPSA) is 45.5 Å². The summed E-state index contributed by atoms with van der Waals surface area (Å²) in [6.07, 6.45) is 2.56. The van der Waals surface area contributed by atoms with Crippen molar-refractivity contribution in [2.45, 2.75) is 13.0 Å². The minimum atomic E-state index is -0.0738. The minimum absolute atomic E-state index is 0.0738. The lowest BCUT2D eigenvalue weighted by molar-refractivity contribution is 0.0673. The van der Waals surface area contributed by atoms with Crippen LogP contribution in [-0.4, -0.2) is 30.4 Å². The zero-order valence-corrected chi connectivity index (χ0v) is 17.0. The van der Waals surface area contributed by atoms with Crippen LogP contribution in [0.3, 0.4) is 0 Å². The number of nitrogens with zero attached hydrogens (tertiary/aromatic N) is 1. The highest BCUT2D eigenvalue weighted by Gasteiger charge is 2.31. The molecule has 0 unspecified atom stereocenters. The van der Waals surface area contributed by atoms with Crippen LogP contribution in [0.1, 0.15) is 21.7 Å². The molecule has 1 saturated heterocycles. The summed E-state index contributed by atoms with van der Waals surface area (Å²) in [5.41, 5.74) is 2.40. The molecule has 0 radical (unpaired) electrons. The van der Waals surface area contributed by atoms with Crippen molar-refractivity contribution in [1.82, 2.24) is 10.2 Å². The number of nitrogens with one attached hydrogen (secondary N) is 1. The molecule has 150 valence electrons. The van der Waals surface area contributed by atoms with Gasteiger partial charge in [0.05, 0.1) is 6.26 Å². The molecule has 1 aromatic heterocycles. The summed E-state index contributed by atoms with van der Waals surface area (Å²) in [4.78, 5) is 15.0. The molecule has 5 heteroatoms. The first kappa shape index (κ1) is 19.7. The van der Waals surface area contributed by atoms with Crippen molar-refractivity contribution in [2.24, 2.45) is 11.8 Å². The molecule has 2 aromatic carbocycles. The van der Waals surface area contributed by atoms with Crippen molar-refractivity contribution < 1.29 is 9.21 Å². The molecule has 0 bridgehead atoms. The second kappa shape index (κ2) is 9.29. The lowest BCUT2D eigenvalue weighted by atomic mass is 9.89. The number of rotatable bonds is 7. The molecular weight excluding hydrogens is 384 g/mol. The maximum absolute atomic E-state index is 13.1. The van der Waals surface area contributed by atoms with Crippen LogP contribution < -0.4 is 5.32 Å². The van der Waals surface area contributed by atoms with E-state index in [4.69, 9.17) is 16.0 Å². The Morgan fingerprint density at radius 2 is 1.72 bits per heavy atom. The average Bonchev–Trinajstić information content (AvgIpc) is 3.42. The molecule has 4 rings (SSSR count). The molecule has 1 N–H and O–H groups in total. The first-order valence-corrected chi connectivity index (χ1v) is 10.4. The molecule has 0 spiro atoms. The Morgan fingerprint density at radius 3 is 2.45 bits per heavy atom. The molecule has 2 heterocycles. The standard InChI is InChI=1S/C24H25ClN2O2/c25-22-10-8-19(9-11-22)16-27(24(28)23-7-4-12-29-23)17-21-15-26-14-20(21)13-18-5-2-1-3-6-18/h1-12,20-21,26H,13-17H2/t20-,21+/m0/s1. The van der Waals surface area contributed by atoms with E-state index in [9.17, 15) is 4.79 Å². The summed E-state index contributed by atoms with van der Waals surface area (Å²) in [6, 6.07) is 21.7. The van der Waals surface area contributed by atoms with E-state index in [2.05, 4.69) is 29.6 Å². The van der Waals surface area contributed by atoms with Gasteiger partial charge in [-0.1, -0.05) is 54.1 Å². The van der Waals surface area contributed by atoms with Crippen molar-refractivity contribution in [3.63, 3.8) is 0 Å². The van der Waals surface area contributed by atoms with E-state index in [1.807, 2.05) is 35.2 Å². The van der Waals surface area contributed by atoms with E-state index in [1.54, 1.807) is 18.4 Å². The predicted molar refractivity (Wildman–Crippen MR) is 115 cm³/mol. The zero-order chi connectivity index (χ0) is 20.1. The fourth-order valence-electron chi connectivity index (χ4n) is 4.03. The van der Waals surface area contributed by atoms with Crippen molar-refractivity contribution >= 4 is 17.5 Å². The van der Waals surface area contributed by atoms with Gasteiger partial charge >= 0.3 is 0 Å². The van der Waals surface area contributed by atoms with Crippen LogP contribution in [0.4, 0.5) is 0 Å². The van der Waals surface area contributed by atoms with Gasteiger partial charge < -0.3 is 14.6 Å². The predicted octanol–water partition coefficient (Wildman–Crippen LogP) is 4.65. The summed E-state index contributed by atoms with van der Waals surface area (Å²) < 4.78 is 5.39. The van der Waals surface area contributed by atoms with Gasteiger partial charge in [0.2, 0.25) is 0 Å². The Morgan fingerprint density at radius 1 is 0.966 bits per heavy atom. The molecule has 0 saturated carbocycles. The molecule has 2 atom stereocenters. The maximum atomic E-state index is 13.1. The zero-order valence-electron chi connectivity index (χ0n) is 16.3. The molecule has 1 amide bonds. The van der Waals surface area contributed by atoms with Crippen molar-refractivity contribution in [3.8, 4) is 0 Å². The molecule has 1 aliphatic heterocycles. The normalized spacial score (nSPS) is 18.7. The number of hydrogen-bond acceptors (Lipinski definition) is 3. The summed E-state index contributed by atoms with van der Waals surface area (Å²) >= 11 is 6.02. The fourth-order valence-corrected chi connectivity index (χ4v) is 4.15. The van der Waals surface area contributed by atoms with Crippen LogP contribution in [0, 0.1) is 11.8 Å². The number of carbonyl (C=O) groups excluding carboxylic acids is 1. The second-order valence-corrected chi connectivity index (χ2v) is 8.09. The van der Waals surface area contributed by atoms with Gasteiger partial charge in [0.15, 0.2) is 5.76 Å². The Hall–Kier alpha value is -2.56. The molecular formula is C24H25ClN2O2. The van der Waals surface area contributed by atoms with Crippen LogP contribution in [0.5, 0.6) is 0 Å². The smallest absolute Gasteiger partial charge is 0.289 e. The molecule has 3 aromatic rings. The van der Waals surface area contributed by atoms with Crippen LogP contribution in [-0.2, 0) is 13.0 Å². The first-order chi connectivity index (χ1) is 14.2. The van der Waals surface area contributed by atoms with Gasteiger partial charge in [0, 0.05) is 18.1 Å². The third-order valence-corrected chi connectivity index (χ3v) is 5.83. The largest absolute Gasteiger partial charge is 0.459 e. The lowest BCUT2D eigenvalue weighted by Crippen LogP contribution is -2.37. The maximum Gasteiger partial charge on any atom is 0.289 e. The SMILES string of the molecule is O=C(c1ccco1)N(Cc1ccc(Cl)cc1)C[C@H]1CNC[C@@H]1Cc1ccccc1. The van der Waals surface area contributed by atoms with Gasteiger partial charge in [-0.15, -0.1) is 0 Å². The van der Waals surface area contributed by atoms with Gasteiger partial charge in [0.25, 0.3) is 5.91 Å². The van der Waals surface area contributed by atoms with Crippen molar-refractivity contribution in [2.75, 3.05) is 19.6 Å². The fraction of sp³-hybridized carbons (Fsp3) is 0.292. The monoisotopic (exact) mass is 408 g/mol. The third-order valence-electron chi connectivity index (χ3n) is 5.58. The Bertz CT molecular complexity index is 910. The van der Waals surface area contributed by atoms with Gasteiger partial charge in [-0.05, 0) is 66.7 Å². The first-order valence-electron chi connectivity index (χ1n) is 10.0. The van der Waals surface area contributed by atoms with Crippen LogP contribution in [0.15, 0.2) is 77.4 Å². The van der Waals surface area contributed by atoms with Crippen molar-refractivity contribution in [1.29, 1.82) is 0 Å². The number of benzene rings is 2. The minimum Gasteiger partial charge on any atom is -0.459 e. The lowest BCUT2D eigenvalue weighted by Gasteiger charge is -2.28. The van der Waals surface area contributed by atoms with Gasteiger partial charge in [-0.2, -0.15) is 0 Å². The number of carbonyl (C=O) groups is 1. The van der Waals surface area contributed by atoms with Crippen LogP contribution >= 0.6 is 11.6 Å². The summed E-state index contributed by atoms with van der Waals surface area (Å²) in [6.45, 7) is 3.11. The Balaban J connectivity index is 1.50. The third kappa shape index (κ3) is 5.08. The second-order valence-electron chi connectivity index (χ2n) is 7.66. The molecule has 1 fully saturated rings. The van der Waals surface area contributed by atoms with Crippen LogP contribution in [0.2, 0.25) is 5.02 Å². The Kier molecular flexibility index (Phi) is 6.33. The average molecular weight is 409 g/mol. The van der Waals surface area contributed by atoms with E-state index < -0.39 is 0 Å². The van der Waals surface area contributed by atoms with Gasteiger partial charge in [-0.3, -0.25) is 4.79 Å². The van der Waals surface area contributed by atoms with E-state index in [0.29, 0.717) is 35.7 Å². The molecule has 29 heavy (non-hydrogen) atoms. The Labute approximate surface area is 176 Å². The number of furan rings is 1. The van der Waals surface area contributed by atoms with Crippen LogP contribution in [0.25, 0.3) is 0 Å². The molecule has 0 aliphatic carbocycles. The summed E-state index contributed by atoms with van der Waals surface area (Å²) in [7, 11) is 0. The highest BCUT2D eigenvalue weighted by molar-refractivity contribution is 6.30. The molecule has 4 nitrogen and oxygen atoms in total. The summed E-state index contributed by atoms with van der Waals surface area (Å²) in [5, 5.41) is 4.21. The van der Waals surface area contributed by atoms with E-state index >= 15 is 0 Å². The van der Waals surface area contributed by atoms with Gasteiger partial charge in [-0.25, -0.2) is 0 Å². The van der Waals surface area contributed by atoms with E-state index in [0.717, 1.165) is 25.1 Å². The van der Waals surface area contributed by atoms with E-state index in [1.165, 1.54) is 5.56 Å². The number of halogens is 1. The van der Waals surface area contributed by atoms with E-state index in [-0.39, 0.29) is 5.91 Å². The number of amides is 1. The summed E-state index contributed by atoms with van der Waals surface area (Å²) in [5.74, 6) is 1.19. The highest BCUT2D eigenvalue weighted by Crippen LogP contribution is 2.24. The quantitative estimate of drug-likeness (QED) is 0.618. The highest BCUT2D eigenvalue weighted by atomic mass is 35.5. The van der Waals surface area contributed by atoms with Gasteiger partial charge in [0.1, 0.15) is 0 Å². The number of hydrogen-bond donors (Lipinski definition) is 1. The van der Waals surface area contributed by atoms with Crippen molar-refractivity contribution in [3.05, 3.63) is 94.9 Å².